The molecule has 0 fully saturated rings. The number of benzene rings is 2. The summed E-state index contributed by atoms with van der Waals surface area (Å²) in [7, 11) is 0. The van der Waals surface area contributed by atoms with Gasteiger partial charge in [-0.3, -0.25) is 14.4 Å². The minimum Gasteiger partial charge on any atom is -0.463 e. The second kappa shape index (κ2) is 19.0. The largest absolute Gasteiger partial charge is 0.463 e. The van der Waals surface area contributed by atoms with Crippen molar-refractivity contribution in [3.8, 4) is 0 Å². The minimum atomic E-state index is -1.30. The molecule has 2 aromatic carbocycles. The van der Waals surface area contributed by atoms with Crippen LogP contribution in [-0.4, -0.2) is 54.2 Å². The first kappa shape index (κ1) is 34.0. The van der Waals surface area contributed by atoms with Gasteiger partial charge in [-0.15, -0.1) is 13.2 Å². The van der Waals surface area contributed by atoms with Gasteiger partial charge < -0.3 is 25.2 Å². The Morgan fingerprint density at radius 3 is 2.10 bits per heavy atom. The molecule has 4 atom stereocenters. The Labute approximate surface area is 248 Å². The average molecular weight is 579 g/mol. The maximum Gasteiger partial charge on any atom is 0.332 e. The van der Waals surface area contributed by atoms with Crippen LogP contribution in [0.25, 0.3) is 0 Å². The number of amides is 2. The molecule has 0 aliphatic carbocycles. The van der Waals surface area contributed by atoms with Crippen LogP contribution in [0.2, 0.25) is 0 Å². The van der Waals surface area contributed by atoms with Crippen LogP contribution in [0.5, 0.6) is 0 Å². The molecule has 9 heteroatoms. The lowest BCUT2D eigenvalue weighted by Gasteiger charge is -2.23. The van der Waals surface area contributed by atoms with Gasteiger partial charge in [0.2, 0.25) is 11.8 Å². The topological polar surface area (TPSA) is 131 Å². The third-order valence-corrected chi connectivity index (χ3v) is 6.53. The highest BCUT2D eigenvalue weighted by Crippen LogP contribution is 2.17. The van der Waals surface area contributed by atoms with Crippen LogP contribution in [0.4, 0.5) is 0 Å². The maximum atomic E-state index is 13.2. The van der Waals surface area contributed by atoms with Crippen molar-refractivity contribution in [1.82, 2.24) is 10.6 Å². The molecule has 0 heterocycles. The number of ether oxygens (including phenoxy) is 2. The molecule has 0 aliphatic rings. The van der Waals surface area contributed by atoms with Crippen LogP contribution in [-0.2, 0) is 41.7 Å². The van der Waals surface area contributed by atoms with Crippen LogP contribution in [0.1, 0.15) is 43.7 Å². The Bertz CT molecular complexity index is 1150. The molecular formula is C33H42N2O7. The van der Waals surface area contributed by atoms with Crippen LogP contribution >= 0.6 is 0 Å². The Balaban J connectivity index is 2.15. The van der Waals surface area contributed by atoms with Gasteiger partial charge in [-0.2, -0.15) is 0 Å². The van der Waals surface area contributed by atoms with E-state index in [1.165, 1.54) is 6.08 Å². The van der Waals surface area contributed by atoms with Gasteiger partial charge in [0.1, 0.15) is 13.2 Å². The Hall–Kier alpha value is -4.24. The molecule has 2 rings (SSSR count). The molecule has 9 nitrogen and oxygen atoms in total. The molecule has 0 aromatic heterocycles. The van der Waals surface area contributed by atoms with E-state index in [-0.39, 0.29) is 26.1 Å². The average Bonchev–Trinajstić information content (AvgIpc) is 3.00. The fourth-order valence-corrected chi connectivity index (χ4v) is 4.18. The first-order valence-electron chi connectivity index (χ1n) is 14.1. The fraction of sp³-hybridized carbons (Fsp3) is 0.394. The number of aliphatic hydroxyl groups excluding tert-OH is 1. The van der Waals surface area contributed by atoms with Crippen molar-refractivity contribution in [3.63, 3.8) is 0 Å². The lowest BCUT2D eigenvalue weighted by Crippen LogP contribution is -2.48. The van der Waals surface area contributed by atoms with Crippen molar-refractivity contribution >= 4 is 23.8 Å². The molecule has 2 amide bonds. The lowest BCUT2D eigenvalue weighted by atomic mass is 9.95. The number of allylic oxidation sites excluding steroid dienone is 2. The zero-order chi connectivity index (χ0) is 30.7. The summed E-state index contributed by atoms with van der Waals surface area (Å²) in [5, 5.41) is 14.4. The highest BCUT2D eigenvalue weighted by Gasteiger charge is 2.30. The monoisotopic (exact) mass is 578 g/mol. The number of nitrogens with one attached hydrogen (secondary N) is 2. The summed E-state index contributed by atoms with van der Waals surface area (Å²) in [6.07, 6.45) is 4.77. The van der Waals surface area contributed by atoms with Gasteiger partial charge in [-0.05, 0) is 43.7 Å². The molecule has 0 unspecified atom stereocenters. The molecule has 3 N–H and O–H groups in total. The van der Waals surface area contributed by atoms with Crippen LogP contribution in [0.15, 0.2) is 86.0 Å². The van der Waals surface area contributed by atoms with Gasteiger partial charge in [0.25, 0.3) is 0 Å². The highest BCUT2D eigenvalue weighted by molar-refractivity contribution is 5.89. The smallest absolute Gasteiger partial charge is 0.332 e. The number of rotatable bonds is 19. The van der Waals surface area contributed by atoms with E-state index < -0.39 is 54.3 Å². The second-order valence-corrected chi connectivity index (χ2v) is 10.1. The van der Waals surface area contributed by atoms with Crippen LogP contribution in [0, 0.1) is 11.8 Å². The fourth-order valence-electron chi connectivity index (χ4n) is 4.18. The van der Waals surface area contributed by atoms with Crippen LogP contribution in [0.3, 0.4) is 0 Å². The summed E-state index contributed by atoms with van der Waals surface area (Å²) in [6.45, 7) is 8.31. The number of carbonyl (C=O) groups is 4. The molecular weight excluding hydrogens is 536 g/mol. The van der Waals surface area contributed by atoms with E-state index >= 15 is 0 Å². The molecule has 0 spiro atoms. The van der Waals surface area contributed by atoms with Gasteiger partial charge in [0.15, 0.2) is 6.04 Å². The number of hydrogen-bond acceptors (Lipinski definition) is 7. The zero-order valence-corrected chi connectivity index (χ0v) is 24.2. The lowest BCUT2D eigenvalue weighted by molar-refractivity contribution is -0.157. The summed E-state index contributed by atoms with van der Waals surface area (Å²) in [6, 6.07) is 16.8. The SMILES string of the molecule is C=CCC[C@H](Cc1ccccc1)C(=O)OC[C@@H](NC(=O)[C@@H](CC=C)CC(=O)N[C@H](C)CO)C(=O)OCc1ccccc1. The van der Waals surface area contributed by atoms with E-state index in [1.54, 1.807) is 25.1 Å². The molecule has 0 saturated carbocycles. The third-order valence-electron chi connectivity index (χ3n) is 6.53. The third kappa shape index (κ3) is 12.5. The van der Waals surface area contributed by atoms with Crippen molar-refractivity contribution in [2.24, 2.45) is 11.8 Å². The van der Waals surface area contributed by atoms with Gasteiger partial charge in [-0.25, -0.2) is 4.79 Å². The molecule has 2 aromatic rings. The van der Waals surface area contributed by atoms with Gasteiger partial charge in [-0.1, -0.05) is 72.8 Å². The van der Waals surface area contributed by atoms with E-state index in [4.69, 9.17) is 9.47 Å². The number of aliphatic hydroxyl groups is 1. The van der Waals surface area contributed by atoms with Crippen molar-refractivity contribution in [1.29, 1.82) is 0 Å². The molecule has 0 saturated heterocycles. The number of carbonyl (C=O) groups excluding carboxylic acids is 4. The van der Waals surface area contributed by atoms with E-state index in [9.17, 15) is 24.3 Å². The zero-order valence-electron chi connectivity index (χ0n) is 24.2. The van der Waals surface area contributed by atoms with Gasteiger partial charge in [0, 0.05) is 12.5 Å². The van der Waals surface area contributed by atoms with E-state index in [0.717, 1.165) is 11.1 Å². The van der Waals surface area contributed by atoms with Gasteiger partial charge >= 0.3 is 11.9 Å². The van der Waals surface area contributed by atoms with Crippen molar-refractivity contribution in [2.75, 3.05) is 13.2 Å². The second-order valence-electron chi connectivity index (χ2n) is 10.1. The van der Waals surface area contributed by atoms with Crippen molar-refractivity contribution < 1.29 is 33.8 Å². The summed E-state index contributed by atoms with van der Waals surface area (Å²) < 4.78 is 11.0. The predicted molar refractivity (Wildman–Crippen MR) is 160 cm³/mol. The molecule has 226 valence electrons. The van der Waals surface area contributed by atoms with Crippen molar-refractivity contribution in [3.05, 3.63) is 97.1 Å². The predicted octanol–water partition coefficient (Wildman–Crippen LogP) is 3.66. The number of esters is 2. The minimum absolute atomic E-state index is 0.0342. The standard InChI is InChI=1S/C33H42N2O7/c1-4-6-18-28(19-25-14-9-7-10-15-25)32(39)42-23-29(33(40)41-22-26-16-11-8-12-17-26)35-31(38)27(13-5-2)20-30(37)34-24(3)21-36/h4-5,7-12,14-17,24,27-29,36H,1-2,6,13,18-23H2,3H3,(H,34,37)(H,35,38)/t24-,27+,28-,29-/m1/s1. The van der Waals surface area contributed by atoms with E-state index in [2.05, 4.69) is 23.8 Å². The molecule has 42 heavy (non-hydrogen) atoms. The quantitative estimate of drug-likeness (QED) is 0.171. The maximum absolute atomic E-state index is 13.2. The van der Waals surface area contributed by atoms with Gasteiger partial charge in [0.05, 0.1) is 18.4 Å². The van der Waals surface area contributed by atoms with E-state index in [1.807, 2.05) is 48.5 Å². The molecule has 0 aliphatic heterocycles. The number of hydrogen-bond donors (Lipinski definition) is 3. The summed E-state index contributed by atoms with van der Waals surface area (Å²) >= 11 is 0. The Morgan fingerprint density at radius 2 is 1.50 bits per heavy atom. The van der Waals surface area contributed by atoms with E-state index in [0.29, 0.717) is 19.3 Å². The Kier molecular flexibility index (Phi) is 15.4. The summed E-state index contributed by atoms with van der Waals surface area (Å²) in [5.74, 6) is -3.62. The first-order valence-corrected chi connectivity index (χ1v) is 14.1. The van der Waals surface area contributed by atoms with Crippen molar-refractivity contribution in [2.45, 2.75) is 57.7 Å². The summed E-state index contributed by atoms with van der Waals surface area (Å²) in [4.78, 5) is 51.9. The summed E-state index contributed by atoms with van der Waals surface area (Å²) in [5.41, 5.74) is 1.72. The molecule has 0 radical (unpaired) electrons. The highest BCUT2D eigenvalue weighted by atomic mass is 16.6. The van der Waals surface area contributed by atoms with Crippen LogP contribution < -0.4 is 10.6 Å². The normalized spacial score (nSPS) is 13.5. The Morgan fingerprint density at radius 1 is 0.857 bits per heavy atom. The first-order chi connectivity index (χ1) is 20.3. The molecule has 0 bridgehead atoms.